The smallest absolute Gasteiger partial charge is 0.183 e. The molecule has 0 spiro atoms. The van der Waals surface area contributed by atoms with Crippen LogP contribution in [0.2, 0.25) is 5.02 Å². The Hall–Kier alpha value is -1.31. The third-order valence-electron chi connectivity index (χ3n) is 1.57. The molecule has 0 bridgehead atoms. The maximum atomic E-state index is 12.9. The number of hydrogen-bond donors (Lipinski definition) is 2. The van der Waals surface area contributed by atoms with E-state index in [1.54, 1.807) is 6.07 Å². The van der Waals surface area contributed by atoms with Crippen molar-refractivity contribution < 1.29 is 9.50 Å². The van der Waals surface area contributed by atoms with E-state index in [2.05, 4.69) is 0 Å². The van der Waals surface area contributed by atoms with Gasteiger partial charge >= 0.3 is 0 Å². The van der Waals surface area contributed by atoms with Gasteiger partial charge in [-0.25, -0.2) is 4.39 Å². The number of nitriles is 1. The van der Waals surface area contributed by atoms with Gasteiger partial charge in [0.25, 0.3) is 0 Å². The Bertz CT molecular complexity index is 375. The molecular weight excluding hydrogens is 195 g/mol. The van der Waals surface area contributed by atoms with Crippen LogP contribution in [-0.2, 0) is 0 Å². The van der Waals surface area contributed by atoms with Gasteiger partial charge in [-0.15, -0.1) is 0 Å². The van der Waals surface area contributed by atoms with Crippen molar-refractivity contribution in [1.29, 1.82) is 5.26 Å². The molecule has 68 valence electrons. The first-order chi connectivity index (χ1) is 6.07. The summed E-state index contributed by atoms with van der Waals surface area (Å²) >= 11 is 5.38. The van der Waals surface area contributed by atoms with Crippen molar-refractivity contribution in [3.05, 3.63) is 28.5 Å². The lowest BCUT2D eigenvalue weighted by atomic mass is 10.1. The molecule has 1 aromatic carbocycles. The average Bonchev–Trinajstić information content (AvgIpc) is 2.13. The van der Waals surface area contributed by atoms with Gasteiger partial charge in [-0.1, -0.05) is 17.7 Å². The molecule has 5 heteroatoms. The van der Waals surface area contributed by atoms with Crippen molar-refractivity contribution in [2.45, 2.75) is 6.04 Å². The number of phenolic OH excluding ortho intramolecular Hbond substituents is 1. The van der Waals surface area contributed by atoms with E-state index in [1.807, 2.05) is 0 Å². The summed E-state index contributed by atoms with van der Waals surface area (Å²) in [5.41, 5.74) is 5.32. The first-order valence-corrected chi connectivity index (χ1v) is 3.77. The molecule has 0 aliphatic heterocycles. The minimum absolute atomic E-state index is 0.0319. The Morgan fingerprint density at radius 1 is 1.62 bits per heavy atom. The SMILES string of the molecule is N#C[C@H](N)c1ccc(Cl)c(F)c1O. The van der Waals surface area contributed by atoms with Gasteiger partial charge in [0.2, 0.25) is 0 Å². The van der Waals surface area contributed by atoms with Crippen LogP contribution in [0, 0.1) is 17.1 Å². The molecule has 0 aromatic heterocycles. The first kappa shape index (κ1) is 9.78. The zero-order valence-corrected chi connectivity index (χ0v) is 7.22. The predicted octanol–water partition coefficient (Wildman–Crippen LogP) is 1.71. The Kier molecular flexibility index (Phi) is 2.71. The van der Waals surface area contributed by atoms with E-state index in [0.29, 0.717) is 0 Å². The first-order valence-electron chi connectivity index (χ1n) is 3.40. The molecule has 0 unspecified atom stereocenters. The van der Waals surface area contributed by atoms with E-state index in [9.17, 15) is 9.50 Å². The molecule has 0 saturated carbocycles. The largest absolute Gasteiger partial charge is 0.505 e. The van der Waals surface area contributed by atoms with Crippen molar-refractivity contribution in [2.75, 3.05) is 0 Å². The van der Waals surface area contributed by atoms with Crippen LogP contribution in [0.15, 0.2) is 12.1 Å². The number of nitrogens with two attached hydrogens (primary N) is 1. The number of halogens is 2. The van der Waals surface area contributed by atoms with E-state index in [0.717, 1.165) is 0 Å². The van der Waals surface area contributed by atoms with Gasteiger partial charge in [-0.2, -0.15) is 5.26 Å². The summed E-state index contributed by atoms with van der Waals surface area (Å²) in [5, 5.41) is 17.4. The van der Waals surface area contributed by atoms with Gasteiger partial charge in [0.1, 0.15) is 6.04 Å². The third kappa shape index (κ3) is 1.72. The molecule has 0 saturated heterocycles. The van der Waals surface area contributed by atoms with E-state index in [1.165, 1.54) is 12.1 Å². The lowest BCUT2D eigenvalue weighted by Gasteiger charge is -2.07. The lowest BCUT2D eigenvalue weighted by Crippen LogP contribution is -2.07. The van der Waals surface area contributed by atoms with E-state index in [4.69, 9.17) is 22.6 Å². The van der Waals surface area contributed by atoms with Gasteiger partial charge in [0.15, 0.2) is 11.6 Å². The van der Waals surface area contributed by atoms with Crippen molar-refractivity contribution >= 4 is 11.6 Å². The number of hydrogen-bond acceptors (Lipinski definition) is 3. The molecule has 3 nitrogen and oxygen atoms in total. The highest BCUT2D eigenvalue weighted by Gasteiger charge is 2.15. The molecule has 0 radical (unpaired) electrons. The normalized spacial score (nSPS) is 12.2. The fraction of sp³-hybridized carbons (Fsp3) is 0.125. The number of phenols is 1. The minimum Gasteiger partial charge on any atom is -0.505 e. The molecule has 1 aromatic rings. The average molecular weight is 201 g/mol. The summed E-state index contributed by atoms with van der Waals surface area (Å²) in [4.78, 5) is 0. The van der Waals surface area contributed by atoms with Gasteiger partial charge in [-0.3, -0.25) is 0 Å². The summed E-state index contributed by atoms with van der Waals surface area (Å²) in [6, 6.07) is 3.18. The summed E-state index contributed by atoms with van der Waals surface area (Å²) in [6.45, 7) is 0. The van der Waals surface area contributed by atoms with E-state index >= 15 is 0 Å². The second kappa shape index (κ2) is 3.60. The zero-order chi connectivity index (χ0) is 10.0. The van der Waals surface area contributed by atoms with Gasteiger partial charge < -0.3 is 10.8 Å². The Balaban J connectivity index is 3.28. The second-order valence-corrected chi connectivity index (χ2v) is 2.81. The number of rotatable bonds is 1. The van der Waals surface area contributed by atoms with Crippen LogP contribution in [0.25, 0.3) is 0 Å². The molecular formula is C8H6ClFN2O. The summed E-state index contributed by atoms with van der Waals surface area (Å²) in [5.74, 6) is -1.62. The quantitative estimate of drug-likeness (QED) is 0.725. The third-order valence-corrected chi connectivity index (χ3v) is 1.87. The summed E-state index contributed by atoms with van der Waals surface area (Å²) in [7, 11) is 0. The Labute approximate surface area is 79.2 Å². The highest BCUT2D eigenvalue weighted by atomic mass is 35.5. The van der Waals surface area contributed by atoms with E-state index < -0.39 is 17.6 Å². The summed E-state index contributed by atoms with van der Waals surface area (Å²) < 4.78 is 12.9. The molecule has 0 fully saturated rings. The molecule has 1 rings (SSSR count). The minimum atomic E-state index is -1.05. The standard InChI is InChI=1S/C8H6ClFN2O/c9-5-2-1-4(6(12)3-11)8(13)7(5)10/h1-2,6,13H,12H2/t6-/m0/s1. The monoisotopic (exact) mass is 200 g/mol. The van der Waals surface area contributed by atoms with Crippen molar-refractivity contribution in [3.63, 3.8) is 0 Å². The number of benzene rings is 1. The predicted molar refractivity (Wildman–Crippen MR) is 45.6 cm³/mol. The summed E-state index contributed by atoms with van der Waals surface area (Å²) in [6.07, 6.45) is 0. The van der Waals surface area contributed by atoms with E-state index in [-0.39, 0.29) is 10.6 Å². The molecule has 13 heavy (non-hydrogen) atoms. The highest BCUT2D eigenvalue weighted by molar-refractivity contribution is 6.30. The zero-order valence-electron chi connectivity index (χ0n) is 6.46. The van der Waals surface area contributed by atoms with Crippen LogP contribution < -0.4 is 5.73 Å². The number of nitrogens with zero attached hydrogens (tertiary/aromatic N) is 1. The highest BCUT2D eigenvalue weighted by Crippen LogP contribution is 2.30. The van der Waals surface area contributed by atoms with Crippen LogP contribution in [0.4, 0.5) is 4.39 Å². The van der Waals surface area contributed by atoms with Gasteiger partial charge in [-0.05, 0) is 6.07 Å². The Morgan fingerprint density at radius 3 is 2.77 bits per heavy atom. The topological polar surface area (TPSA) is 70.0 Å². The maximum Gasteiger partial charge on any atom is 0.183 e. The van der Waals surface area contributed by atoms with Crippen LogP contribution in [0.5, 0.6) is 5.75 Å². The van der Waals surface area contributed by atoms with Crippen molar-refractivity contribution in [3.8, 4) is 11.8 Å². The molecule has 0 aliphatic rings. The maximum absolute atomic E-state index is 12.9. The van der Waals surface area contributed by atoms with Crippen molar-refractivity contribution in [2.24, 2.45) is 5.73 Å². The fourth-order valence-electron chi connectivity index (χ4n) is 0.875. The molecule has 0 heterocycles. The Morgan fingerprint density at radius 2 is 2.23 bits per heavy atom. The van der Waals surface area contributed by atoms with Crippen LogP contribution in [0.3, 0.4) is 0 Å². The van der Waals surface area contributed by atoms with Gasteiger partial charge in [0, 0.05) is 5.56 Å². The van der Waals surface area contributed by atoms with Gasteiger partial charge in [0.05, 0.1) is 11.1 Å². The molecule has 1 atom stereocenters. The molecule has 3 N–H and O–H groups in total. The van der Waals surface area contributed by atoms with Crippen LogP contribution in [-0.4, -0.2) is 5.11 Å². The van der Waals surface area contributed by atoms with Crippen LogP contribution in [0.1, 0.15) is 11.6 Å². The molecule has 0 amide bonds. The van der Waals surface area contributed by atoms with Crippen molar-refractivity contribution in [1.82, 2.24) is 0 Å². The van der Waals surface area contributed by atoms with Crippen LogP contribution >= 0.6 is 11.6 Å². The number of aromatic hydroxyl groups is 1. The molecule has 0 aliphatic carbocycles. The fourth-order valence-corrected chi connectivity index (χ4v) is 1.03. The lowest BCUT2D eigenvalue weighted by molar-refractivity contribution is 0.424. The second-order valence-electron chi connectivity index (χ2n) is 2.41.